The second-order valence-corrected chi connectivity index (χ2v) is 4.64. The molecule has 0 radical (unpaired) electrons. The van der Waals surface area contributed by atoms with Crippen LogP contribution in [0.4, 0.5) is 4.39 Å². The van der Waals surface area contributed by atoms with E-state index in [0.29, 0.717) is 5.65 Å². The molecule has 1 fully saturated rings. The number of nitrogens with zero attached hydrogens (tertiary/aromatic N) is 2. The van der Waals surface area contributed by atoms with Crippen molar-refractivity contribution in [3.05, 3.63) is 46.3 Å². The van der Waals surface area contributed by atoms with Crippen molar-refractivity contribution in [3.63, 3.8) is 0 Å². The van der Waals surface area contributed by atoms with E-state index < -0.39 is 0 Å². The van der Waals surface area contributed by atoms with Gasteiger partial charge in [0.25, 0.3) is 5.56 Å². The summed E-state index contributed by atoms with van der Waals surface area (Å²) in [4.78, 5) is 16.3. The Morgan fingerprint density at radius 3 is 3.11 bits per heavy atom. The summed E-state index contributed by atoms with van der Waals surface area (Å²) in [5, 5.41) is 3.29. The van der Waals surface area contributed by atoms with Crippen molar-refractivity contribution in [2.75, 3.05) is 13.1 Å². The Hall–Kier alpha value is -1.75. The minimum absolute atomic E-state index is 0.152. The number of fused-ring (bicyclic) bond motifs is 1. The highest BCUT2D eigenvalue weighted by molar-refractivity contribution is 5.39. The summed E-state index contributed by atoms with van der Waals surface area (Å²) in [7, 11) is 0. The standard InChI is InChI=1S/C13H14FN3O/c14-10-3-5-17-12(6-10)16-11(7-13(17)18)9-2-1-4-15-8-9/h3,5-7,9,15H,1-2,4,8H2. The normalized spacial score (nSPS) is 20.2. The van der Waals surface area contributed by atoms with Gasteiger partial charge in [-0.2, -0.15) is 0 Å². The van der Waals surface area contributed by atoms with E-state index in [4.69, 9.17) is 0 Å². The van der Waals surface area contributed by atoms with Crippen LogP contribution in [0, 0.1) is 5.82 Å². The fourth-order valence-electron chi connectivity index (χ4n) is 2.41. The van der Waals surface area contributed by atoms with Crippen molar-refractivity contribution in [2.45, 2.75) is 18.8 Å². The molecule has 1 N–H and O–H groups in total. The highest BCUT2D eigenvalue weighted by Gasteiger charge is 2.17. The summed E-state index contributed by atoms with van der Waals surface area (Å²) < 4.78 is 14.5. The second kappa shape index (κ2) is 4.49. The van der Waals surface area contributed by atoms with E-state index in [9.17, 15) is 9.18 Å². The number of piperidine rings is 1. The number of nitrogens with one attached hydrogen (secondary N) is 1. The molecule has 5 heteroatoms. The molecule has 1 atom stereocenters. The quantitative estimate of drug-likeness (QED) is 0.826. The van der Waals surface area contributed by atoms with Gasteiger partial charge >= 0.3 is 0 Å². The molecule has 94 valence electrons. The maximum Gasteiger partial charge on any atom is 0.258 e. The maximum atomic E-state index is 13.2. The molecular formula is C13H14FN3O. The molecule has 0 aromatic carbocycles. The predicted octanol–water partition coefficient (Wildman–Crippen LogP) is 1.30. The molecule has 0 amide bonds. The van der Waals surface area contributed by atoms with E-state index in [1.165, 1.54) is 22.7 Å². The molecule has 1 aliphatic rings. The Labute approximate surface area is 103 Å². The average molecular weight is 247 g/mol. The van der Waals surface area contributed by atoms with Crippen LogP contribution in [0.15, 0.2) is 29.2 Å². The van der Waals surface area contributed by atoms with E-state index in [0.717, 1.165) is 31.6 Å². The fourth-order valence-corrected chi connectivity index (χ4v) is 2.41. The van der Waals surface area contributed by atoms with Gasteiger partial charge in [-0.05, 0) is 25.5 Å². The van der Waals surface area contributed by atoms with E-state index in [1.54, 1.807) is 6.07 Å². The van der Waals surface area contributed by atoms with Gasteiger partial charge in [-0.25, -0.2) is 9.37 Å². The summed E-state index contributed by atoms with van der Waals surface area (Å²) in [6, 6.07) is 4.11. The van der Waals surface area contributed by atoms with Gasteiger partial charge in [-0.3, -0.25) is 9.20 Å². The molecular weight excluding hydrogens is 233 g/mol. The number of hydrogen-bond donors (Lipinski definition) is 1. The van der Waals surface area contributed by atoms with Crippen molar-refractivity contribution in [1.82, 2.24) is 14.7 Å². The summed E-state index contributed by atoms with van der Waals surface area (Å²) in [5.41, 5.74) is 0.987. The molecule has 1 aliphatic heterocycles. The Balaban J connectivity index is 2.10. The van der Waals surface area contributed by atoms with Gasteiger partial charge in [0.05, 0.1) is 5.69 Å². The monoisotopic (exact) mass is 247 g/mol. The van der Waals surface area contributed by atoms with Gasteiger partial charge in [0.2, 0.25) is 0 Å². The van der Waals surface area contributed by atoms with Gasteiger partial charge in [-0.1, -0.05) is 0 Å². The fraction of sp³-hybridized carbons (Fsp3) is 0.385. The molecule has 0 bridgehead atoms. The molecule has 0 spiro atoms. The van der Waals surface area contributed by atoms with E-state index in [1.807, 2.05) is 0 Å². The zero-order chi connectivity index (χ0) is 12.5. The largest absolute Gasteiger partial charge is 0.316 e. The lowest BCUT2D eigenvalue weighted by atomic mass is 9.96. The highest BCUT2D eigenvalue weighted by atomic mass is 19.1. The zero-order valence-electron chi connectivity index (χ0n) is 9.90. The molecule has 2 aromatic heterocycles. The first-order valence-electron chi connectivity index (χ1n) is 6.13. The lowest BCUT2D eigenvalue weighted by molar-refractivity contribution is 0.454. The van der Waals surface area contributed by atoms with Crippen LogP contribution in [-0.4, -0.2) is 22.5 Å². The van der Waals surface area contributed by atoms with Crippen molar-refractivity contribution in [3.8, 4) is 0 Å². The zero-order valence-corrected chi connectivity index (χ0v) is 9.90. The van der Waals surface area contributed by atoms with E-state index >= 15 is 0 Å². The smallest absolute Gasteiger partial charge is 0.258 e. The summed E-state index contributed by atoms with van der Waals surface area (Å²) in [6.45, 7) is 1.84. The van der Waals surface area contributed by atoms with Crippen molar-refractivity contribution >= 4 is 5.65 Å². The summed E-state index contributed by atoms with van der Waals surface area (Å²) in [5.74, 6) is -0.125. The van der Waals surface area contributed by atoms with Crippen molar-refractivity contribution in [1.29, 1.82) is 0 Å². The first kappa shape index (κ1) is 11.3. The first-order chi connectivity index (χ1) is 8.74. The topological polar surface area (TPSA) is 46.4 Å². The van der Waals surface area contributed by atoms with Gasteiger partial charge < -0.3 is 5.32 Å². The highest BCUT2D eigenvalue weighted by Crippen LogP contribution is 2.20. The van der Waals surface area contributed by atoms with E-state index in [-0.39, 0.29) is 17.3 Å². The third-order valence-corrected chi connectivity index (χ3v) is 3.36. The van der Waals surface area contributed by atoms with Gasteiger partial charge in [0.15, 0.2) is 0 Å². The van der Waals surface area contributed by atoms with Crippen LogP contribution in [-0.2, 0) is 0 Å². The number of aromatic nitrogens is 2. The van der Waals surface area contributed by atoms with Crippen LogP contribution in [0.2, 0.25) is 0 Å². The molecule has 0 aliphatic carbocycles. The van der Waals surface area contributed by atoms with Crippen LogP contribution >= 0.6 is 0 Å². The molecule has 1 unspecified atom stereocenters. The van der Waals surface area contributed by atoms with Gasteiger partial charge in [0, 0.05) is 30.8 Å². The third-order valence-electron chi connectivity index (χ3n) is 3.36. The van der Waals surface area contributed by atoms with Crippen LogP contribution in [0.1, 0.15) is 24.5 Å². The molecule has 2 aromatic rings. The molecule has 3 heterocycles. The minimum atomic E-state index is -0.374. The summed E-state index contributed by atoms with van der Waals surface area (Å²) in [6.07, 6.45) is 3.52. The molecule has 4 nitrogen and oxygen atoms in total. The van der Waals surface area contributed by atoms with E-state index in [2.05, 4.69) is 10.3 Å². The SMILES string of the molecule is O=c1cc(C2CCCNC2)nc2cc(F)ccn12. The Morgan fingerprint density at radius 2 is 2.33 bits per heavy atom. The Morgan fingerprint density at radius 1 is 1.44 bits per heavy atom. The minimum Gasteiger partial charge on any atom is -0.316 e. The lowest BCUT2D eigenvalue weighted by Gasteiger charge is -2.22. The van der Waals surface area contributed by atoms with Crippen molar-refractivity contribution < 1.29 is 4.39 Å². The van der Waals surface area contributed by atoms with Crippen LogP contribution in [0.25, 0.3) is 5.65 Å². The molecule has 3 rings (SSSR count). The maximum absolute atomic E-state index is 13.2. The second-order valence-electron chi connectivity index (χ2n) is 4.64. The molecule has 0 saturated carbocycles. The lowest BCUT2D eigenvalue weighted by Crippen LogP contribution is -2.30. The number of pyridine rings is 1. The summed E-state index contributed by atoms with van der Waals surface area (Å²) >= 11 is 0. The molecule has 18 heavy (non-hydrogen) atoms. The number of hydrogen-bond acceptors (Lipinski definition) is 3. The number of rotatable bonds is 1. The van der Waals surface area contributed by atoms with Crippen LogP contribution in [0.3, 0.4) is 0 Å². The predicted molar refractivity (Wildman–Crippen MR) is 66.3 cm³/mol. The average Bonchev–Trinajstić information content (AvgIpc) is 2.39. The van der Waals surface area contributed by atoms with Crippen LogP contribution < -0.4 is 10.9 Å². The molecule has 1 saturated heterocycles. The van der Waals surface area contributed by atoms with Gasteiger partial charge in [0.1, 0.15) is 11.5 Å². The Kier molecular flexibility index (Phi) is 2.83. The number of halogens is 1. The first-order valence-corrected chi connectivity index (χ1v) is 6.13. The Bertz CT molecular complexity index is 632. The third kappa shape index (κ3) is 2.01. The van der Waals surface area contributed by atoms with Crippen LogP contribution in [0.5, 0.6) is 0 Å². The van der Waals surface area contributed by atoms with Gasteiger partial charge in [-0.15, -0.1) is 0 Å². The van der Waals surface area contributed by atoms with Crippen molar-refractivity contribution in [2.24, 2.45) is 0 Å².